The zero-order valence-electron chi connectivity index (χ0n) is 16.9. The fourth-order valence-corrected chi connectivity index (χ4v) is 3.89. The molecule has 2 N–H and O–H groups in total. The predicted octanol–water partition coefficient (Wildman–Crippen LogP) is 3.31. The number of nitrogens with one attached hydrogen (secondary N) is 2. The molecule has 4 amide bonds. The Kier molecular flexibility index (Phi) is 6.23. The molecular formula is C23H23ClN4O3. The Morgan fingerprint density at radius 2 is 1.90 bits per heavy atom. The molecule has 7 nitrogen and oxygen atoms in total. The number of fused-ring (bicyclic) bond motifs is 1. The molecule has 1 aliphatic rings. The first-order valence-corrected chi connectivity index (χ1v) is 10.6. The van der Waals surface area contributed by atoms with Gasteiger partial charge in [0.2, 0.25) is 5.91 Å². The van der Waals surface area contributed by atoms with Gasteiger partial charge in [-0.3, -0.25) is 14.5 Å². The average Bonchev–Trinajstić information content (AvgIpc) is 3.28. The van der Waals surface area contributed by atoms with Gasteiger partial charge >= 0.3 is 6.03 Å². The van der Waals surface area contributed by atoms with Gasteiger partial charge in [-0.2, -0.15) is 0 Å². The molecule has 1 atom stereocenters. The summed E-state index contributed by atoms with van der Waals surface area (Å²) in [6.07, 6.45) is 2.39. The third-order valence-electron chi connectivity index (χ3n) is 5.36. The van der Waals surface area contributed by atoms with Gasteiger partial charge in [-0.05, 0) is 35.6 Å². The number of hydrogen-bond acceptors (Lipinski definition) is 3. The molecule has 3 aromatic rings. The highest BCUT2D eigenvalue weighted by Gasteiger charge is 2.37. The van der Waals surface area contributed by atoms with Crippen molar-refractivity contribution in [3.8, 4) is 0 Å². The Morgan fingerprint density at radius 1 is 1.10 bits per heavy atom. The Labute approximate surface area is 185 Å². The Hall–Kier alpha value is -3.32. The highest BCUT2D eigenvalue weighted by atomic mass is 35.5. The van der Waals surface area contributed by atoms with Gasteiger partial charge < -0.3 is 15.2 Å². The van der Waals surface area contributed by atoms with E-state index in [1.807, 2.05) is 65.4 Å². The molecule has 2 heterocycles. The van der Waals surface area contributed by atoms with Crippen LogP contribution in [-0.4, -0.2) is 39.9 Å². The maximum absolute atomic E-state index is 12.6. The summed E-state index contributed by atoms with van der Waals surface area (Å²) in [4.78, 5) is 38.1. The van der Waals surface area contributed by atoms with Crippen LogP contribution < -0.4 is 10.6 Å². The number of halogens is 1. The van der Waals surface area contributed by atoms with Crippen molar-refractivity contribution >= 4 is 40.3 Å². The van der Waals surface area contributed by atoms with Gasteiger partial charge in [0.25, 0.3) is 5.91 Å². The van der Waals surface area contributed by atoms with Crippen LogP contribution in [0.5, 0.6) is 0 Å². The fourth-order valence-electron chi connectivity index (χ4n) is 3.72. The van der Waals surface area contributed by atoms with Crippen molar-refractivity contribution in [1.82, 2.24) is 20.1 Å². The third-order valence-corrected chi connectivity index (χ3v) is 5.60. The van der Waals surface area contributed by atoms with Crippen LogP contribution in [-0.2, 0) is 22.7 Å². The van der Waals surface area contributed by atoms with E-state index in [-0.39, 0.29) is 31.2 Å². The van der Waals surface area contributed by atoms with E-state index in [1.54, 1.807) is 0 Å². The predicted molar refractivity (Wildman–Crippen MR) is 119 cm³/mol. The van der Waals surface area contributed by atoms with Crippen molar-refractivity contribution in [2.75, 3.05) is 6.54 Å². The average molecular weight is 439 g/mol. The number of amides is 4. The summed E-state index contributed by atoms with van der Waals surface area (Å²) in [5.41, 5.74) is 1.89. The first-order valence-electron chi connectivity index (χ1n) is 10.2. The molecule has 1 aromatic heterocycles. The second-order valence-electron chi connectivity index (χ2n) is 7.51. The molecule has 2 aromatic carbocycles. The molecule has 31 heavy (non-hydrogen) atoms. The molecule has 160 valence electrons. The molecule has 0 unspecified atom stereocenters. The van der Waals surface area contributed by atoms with Crippen LogP contribution in [0.2, 0.25) is 5.02 Å². The SMILES string of the molecule is O=C(CC[C@@H]1NC(=O)N(Cc2ccccc2)C1=O)NCCn1ccc2ccc(Cl)cc21. The van der Waals surface area contributed by atoms with Gasteiger partial charge in [0.15, 0.2) is 0 Å². The molecule has 0 spiro atoms. The molecule has 0 radical (unpaired) electrons. The zero-order chi connectivity index (χ0) is 21.8. The van der Waals surface area contributed by atoms with E-state index in [4.69, 9.17) is 11.6 Å². The lowest BCUT2D eigenvalue weighted by Crippen LogP contribution is -2.33. The molecule has 0 bridgehead atoms. The lowest BCUT2D eigenvalue weighted by atomic mass is 10.1. The van der Waals surface area contributed by atoms with Crippen LogP contribution in [0.3, 0.4) is 0 Å². The maximum Gasteiger partial charge on any atom is 0.325 e. The van der Waals surface area contributed by atoms with Crippen molar-refractivity contribution in [3.05, 3.63) is 71.4 Å². The smallest absolute Gasteiger partial charge is 0.325 e. The van der Waals surface area contributed by atoms with Crippen molar-refractivity contribution in [3.63, 3.8) is 0 Å². The minimum absolute atomic E-state index is 0.155. The van der Waals surface area contributed by atoms with Crippen LogP contribution in [0, 0.1) is 0 Å². The first-order chi connectivity index (χ1) is 15.0. The van der Waals surface area contributed by atoms with Crippen LogP contribution in [0.4, 0.5) is 4.79 Å². The molecule has 4 rings (SSSR count). The van der Waals surface area contributed by atoms with Gasteiger partial charge in [-0.15, -0.1) is 0 Å². The van der Waals surface area contributed by atoms with Gasteiger partial charge in [-0.1, -0.05) is 48.0 Å². The topological polar surface area (TPSA) is 83.4 Å². The number of carbonyl (C=O) groups excluding carboxylic acids is 3. The zero-order valence-corrected chi connectivity index (χ0v) is 17.6. The van der Waals surface area contributed by atoms with Crippen molar-refractivity contribution < 1.29 is 14.4 Å². The number of rotatable bonds is 8. The summed E-state index contributed by atoms with van der Waals surface area (Å²) < 4.78 is 2.03. The summed E-state index contributed by atoms with van der Waals surface area (Å²) in [5, 5.41) is 7.30. The lowest BCUT2D eigenvalue weighted by Gasteiger charge is -2.13. The van der Waals surface area contributed by atoms with Crippen molar-refractivity contribution in [2.24, 2.45) is 0 Å². The molecule has 1 fully saturated rings. The number of carbonyl (C=O) groups is 3. The highest BCUT2D eigenvalue weighted by molar-refractivity contribution is 6.31. The number of nitrogens with zero attached hydrogens (tertiary/aromatic N) is 2. The minimum atomic E-state index is -0.669. The number of imide groups is 1. The van der Waals surface area contributed by atoms with Crippen molar-refractivity contribution in [1.29, 1.82) is 0 Å². The molecule has 1 aliphatic heterocycles. The highest BCUT2D eigenvalue weighted by Crippen LogP contribution is 2.20. The molecule has 1 saturated heterocycles. The number of urea groups is 1. The quantitative estimate of drug-likeness (QED) is 0.529. The molecule has 8 heteroatoms. The van der Waals surface area contributed by atoms with E-state index in [1.165, 1.54) is 4.90 Å². The summed E-state index contributed by atoms with van der Waals surface area (Å²) in [5.74, 6) is -0.449. The summed E-state index contributed by atoms with van der Waals surface area (Å²) in [7, 11) is 0. The third kappa shape index (κ3) is 4.88. The van der Waals surface area contributed by atoms with E-state index >= 15 is 0 Å². The fraction of sp³-hybridized carbons (Fsp3) is 0.261. The summed E-state index contributed by atoms with van der Waals surface area (Å²) in [6.45, 7) is 1.29. The number of benzene rings is 2. The van der Waals surface area contributed by atoms with E-state index in [0.717, 1.165) is 16.5 Å². The van der Waals surface area contributed by atoms with Crippen LogP contribution >= 0.6 is 11.6 Å². The van der Waals surface area contributed by atoms with Gasteiger partial charge in [0, 0.05) is 36.2 Å². The monoisotopic (exact) mass is 438 g/mol. The first kappa shape index (κ1) is 20.9. The molecule has 0 saturated carbocycles. The second kappa shape index (κ2) is 9.22. The summed E-state index contributed by atoms with van der Waals surface area (Å²) in [6, 6.07) is 16.0. The molecular weight excluding hydrogens is 416 g/mol. The largest absolute Gasteiger partial charge is 0.354 e. The van der Waals surface area contributed by atoms with Gasteiger partial charge in [-0.25, -0.2) is 4.79 Å². The van der Waals surface area contributed by atoms with Gasteiger partial charge in [0.05, 0.1) is 6.54 Å². The van der Waals surface area contributed by atoms with Gasteiger partial charge in [0.1, 0.15) is 6.04 Å². The number of aromatic nitrogens is 1. The van der Waals surface area contributed by atoms with E-state index in [9.17, 15) is 14.4 Å². The van der Waals surface area contributed by atoms with E-state index in [0.29, 0.717) is 18.1 Å². The maximum atomic E-state index is 12.6. The van der Waals surface area contributed by atoms with Crippen LogP contribution in [0.15, 0.2) is 60.8 Å². The standard InChI is InChI=1S/C23H23ClN4O3/c24-18-7-6-17-10-12-27(20(17)14-18)13-11-25-21(29)9-8-19-22(30)28(23(31)26-19)15-16-4-2-1-3-5-16/h1-7,10,12,14,19H,8-9,11,13,15H2,(H,25,29)(H,26,31)/t19-/m0/s1. The Morgan fingerprint density at radius 3 is 2.71 bits per heavy atom. The van der Waals surface area contributed by atoms with E-state index in [2.05, 4.69) is 10.6 Å². The van der Waals surface area contributed by atoms with E-state index < -0.39 is 12.1 Å². The van der Waals surface area contributed by atoms with Crippen LogP contribution in [0.25, 0.3) is 10.9 Å². The second-order valence-corrected chi connectivity index (χ2v) is 7.95. The minimum Gasteiger partial charge on any atom is -0.354 e. The Balaban J connectivity index is 1.23. The normalized spacial score (nSPS) is 16.0. The number of hydrogen-bond donors (Lipinski definition) is 2. The lowest BCUT2D eigenvalue weighted by molar-refractivity contribution is -0.128. The van der Waals surface area contributed by atoms with Crippen LogP contribution in [0.1, 0.15) is 18.4 Å². The molecule has 0 aliphatic carbocycles. The Bertz CT molecular complexity index is 1110. The van der Waals surface area contributed by atoms with Crippen molar-refractivity contribution in [2.45, 2.75) is 32.0 Å². The summed E-state index contributed by atoms with van der Waals surface area (Å²) >= 11 is 6.07.